The minimum atomic E-state index is -4.51. The molecule has 1 aromatic carbocycles. The molecule has 3 rings (SSSR count). The van der Waals surface area contributed by atoms with Gasteiger partial charge < -0.3 is 40.2 Å². The fraction of sp³-hybridized carbons (Fsp3) is 0.656. The maximum atomic E-state index is 15.1. The summed E-state index contributed by atoms with van der Waals surface area (Å²) in [5, 5.41) is 7.99. The maximum Gasteiger partial charge on any atom is 0.384 e. The molecule has 0 aliphatic carbocycles. The third kappa shape index (κ3) is 11.4. The molecule has 2 aliphatic rings. The van der Waals surface area contributed by atoms with Crippen LogP contribution in [0.2, 0.25) is 0 Å². The SMILES string of the molecule is COC(F)(F)[C@@H](NC(=O)[C@H](Cc1ccccc1)NC(=O)CN1CCOCC1)C(=O)N[C@@H](C(=O)N[C@@H](CC(C)C)C(=O)[C@@]1(C)CO1)C(F)(F)OC. The van der Waals surface area contributed by atoms with E-state index in [0.717, 1.165) is 0 Å². The van der Waals surface area contributed by atoms with Gasteiger partial charge in [-0.25, -0.2) is 0 Å². The zero-order chi connectivity index (χ0) is 37.3. The normalized spacial score (nSPS) is 20.6. The second-order valence-corrected chi connectivity index (χ2v) is 12.7. The second kappa shape index (κ2) is 17.5. The quantitative estimate of drug-likeness (QED) is 0.116. The summed E-state index contributed by atoms with van der Waals surface area (Å²) in [7, 11) is 1.02. The fourth-order valence-corrected chi connectivity index (χ4v) is 5.15. The summed E-state index contributed by atoms with van der Waals surface area (Å²) < 4.78 is 79.0. The van der Waals surface area contributed by atoms with E-state index in [1.807, 2.05) is 0 Å². The number of ether oxygens (including phenoxy) is 4. The van der Waals surface area contributed by atoms with Crippen molar-refractivity contribution in [1.29, 1.82) is 0 Å². The van der Waals surface area contributed by atoms with Gasteiger partial charge in [0.1, 0.15) is 11.6 Å². The molecule has 0 unspecified atom stereocenters. The molecule has 1 aromatic rings. The molecule has 0 spiro atoms. The Morgan fingerprint density at radius 3 is 1.86 bits per heavy atom. The van der Waals surface area contributed by atoms with E-state index in [-0.39, 0.29) is 31.9 Å². The molecule has 0 radical (unpaired) electrons. The van der Waals surface area contributed by atoms with Crippen LogP contribution >= 0.6 is 0 Å². The number of hydrogen-bond donors (Lipinski definition) is 4. The Bertz CT molecular complexity index is 1340. The lowest BCUT2D eigenvalue weighted by Crippen LogP contribution is -2.66. The number of amides is 4. The molecule has 0 aromatic heterocycles. The highest BCUT2D eigenvalue weighted by Gasteiger charge is 2.54. The summed E-state index contributed by atoms with van der Waals surface area (Å²) in [5.74, 6) is -6.31. The van der Waals surface area contributed by atoms with Crippen molar-refractivity contribution >= 4 is 29.4 Å². The van der Waals surface area contributed by atoms with Crippen molar-refractivity contribution in [3.8, 4) is 0 Å². The van der Waals surface area contributed by atoms with E-state index in [2.05, 4.69) is 20.1 Å². The lowest BCUT2D eigenvalue weighted by molar-refractivity contribution is -0.247. The number of epoxide rings is 1. The van der Waals surface area contributed by atoms with E-state index in [1.54, 1.807) is 59.7 Å². The first-order valence-corrected chi connectivity index (χ1v) is 16.0. The second-order valence-electron chi connectivity index (χ2n) is 12.7. The minimum Gasteiger partial charge on any atom is -0.379 e. The Balaban J connectivity index is 1.85. The lowest BCUT2D eigenvalue weighted by atomic mass is 9.93. The van der Waals surface area contributed by atoms with E-state index < -0.39 is 71.4 Å². The summed E-state index contributed by atoms with van der Waals surface area (Å²) in [4.78, 5) is 67.8. The predicted molar refractivity (Wildman–Crippen MR) is 168 cm³/mol. The summed E-state index contributed by atoms with van der Waals surface area (Å²) in [5.41, 5.74) is -0.731. The van der Waals surface area contributed by atoms with Crippen LogP contribution in [0, 0.1) is 5.92 Å². The number of rotatable bonds is 19. The van der Waals surface area contributed by atoms with Gasteiger partial charge in [0.2, 0.25) is 11.8 Å². The van der Waals surface area contributed by atoms with E-state index in [9.17, 15) is 24.0 Å². The van der Waals surface area contributed by atoms with E-state index >= 15 is 17.6 Å². The topological polar surface area (TPSA) is 177 Å². The number of benzene rings is 1. The van der Waals surface area contributed by atoms with Crippen molar-refractivity contribution in [3.63, 3.8) is 0 Å². The van der Waals surface area contributed by atoms with Crippen LogP contribution in [0.5, 0.6) is 0 Å². The molecule has 5 atom stereocenters. The number of nitrogens with zero attached hydrogens (tertiary/aromatic N) is 1. The molecular formula is C32H45F4N5O9. The van der Waals surface area contributed by atoms with Crippen LogP contribution < -0.4 is 21.3 Å². The van der Waals surface area contributed by atoms with Gasteiger partial charge in [-0.1, -0.05) is 44.2 Å². The zero-order valence-corrected chi connectivity index (χ0v) is 28.6. The monoisotopic (exact) mass is 719 g/mol. The van der Waals surface area contributed by atoms with Gasteiger partial charge in [0.05, 0.1) is 32.4 Å². The van der Waals surface area contributed by atoms with Crippen LogP contribution in [-0.2, 0) is 49.3 Å². The maximum absolute atomic E-state index is 15.1. The van der Waals surface area contributed by atoms with Crippen LogP contribution in [0.1, 0.15) is 32.8 Å². The highest BCUT2D eigenvalue weighted by atomic mass is 19.3. The van der Waals surface area contributed by atoms with Crippen LogP contribution in [0.4, 0.5) is 17.6 Å². The number of hydrogen-bond acceptors (Lipinski definition) is 10. The smallest absolute Gasteiger partial charge is 0.379 e. The molecule has 2 aliphatic heterocycles. The average Bonchev–Trinajstić information content (AvgIpc) is 3.83. The van der Waals surface area contributed by atoms with Gasteiger partial charge in [-0.05, 0) is 24.8 Å². The van der Waals surface area contributed by atoms with Crippen molar-refractivity contribution in [2.75, 3.05) is 53.7 Å². The van der Waals surface area contributed by atoms with Crippen LogP contribution in [0.25, 0.3) is 0 Å². The molecular weight excluding hydrogens is 674 g/mol. The van der Waals surface area contributed by atoms with Crippen molar-refractivity contribution in [2.24, 2.45) is 5.92 Å². The van der Waals surface area contributed by atoms with E-state index in [0.29, 0.717) is 46.1 Å². The summed E-state index contributed by atoms with van der Waals surface area (Å²) in [6, 6.07) is -0.559. The first kappa shape index (κ1) is 40.7. The number of morpholine rings is 1. The number of nitrogens with one attached hydrogen (secondary N) is 4. The Morgan fingerprint density at radius 2 is 1.36 bits per heavy atom. The lowest BCUT2D eigenvalue weighted by Gasteiger charge is -2.32. The number of ketones is 1. The molecule has 280 valence electrons. The zero-order valence-electron chi connectivity index (χ0n) is 28.6. The van der Waals surface area contributed by atoms with Gasteiger partial charge in [-0.3, -0.25) is 28.9 Å². The van der Waals surface area contributed by atoms with Crippen molar-refractivity contribution in [2.45, 2.75) is 75.6 Å². The Kier molecular flexibility index (Phi) is 14.2. The Hall–Kier alpha value is -3.71. The van der Waals surface area contributed by atoms with Crippen LogP contribution in [0.15, 0.2) is 30.3 Å². The number of alkyl halides is 4. The average molecular weight is 720 g/mol. The standard InChI is InChI=1S/C32H45F4N5O9/c1-19(2)15-21(26(43)30(3)18-50-30)38-28(45)24(31(33,34)47-4)40-29(46)25(32(35,36)48-5)39-27(44)22(16-20-9-7-6-8-10-20)37-23(42)17-41-11-13-49-14-12-41/h6-10,19,21-22,24-25H,11-18H2,1-5H3,(H,37,42)(H,38,45)(H,39,44)(H,40,46)/t21-,22-,24-,25-,30+/m0/s1. The molecule has 0 saturated carbocycles. The highest BCUT2D eigenvalue weighted by Crippen LogP contribution is 2.30. The third-order valence-corrected chi connectivity index (χ3v) is 8.16. The van der Waals surface area contributed by atoms with Gasteiger partial charge in [-0.15, -0.1) is 0 Å². The van der Waals surface area contributed by atoms with Gasteiger partial charge in [0.15, 0.2) is 17.9 Å². The largest absolute Gasteiger partial charge is 0.384 e. The first-order valence-electron chi connectivity index (χ1n) is 16.0. The molecule has 0 bridgehead atoms. The van der Waals surface area contributed by atoms with Crippen molar-refractivity contribution in [1.82, 2.24) is 26.2 Å². The molecule has 14 nitrogen and oxygen atoms in total. The molecule has 2 fully saturated rings. The third-order valence-electron chi connectivity index (χ3n) is 8.16. The number of carbonyl (C=O) groups excluding carboxylic acids is 5. The highest BCUT2D eigenvalue weighted by molar-refractivity contribution is 5.99. The molecule has 50 heavy (non-hydrogen) atoms. The van der Waals surface area contributed by atoms with Gasteiger partial charge in [0.25, 0.3) is 11.8 Å². The summed E-state index contributed by atoms with van der Waals surface area (Å²) >= 11 is 0. The van der Waals surface area contributed by atoms with Gasteiger partial charge in [0, 0.05) is 33.7 Å². The van der Waals surface area contributed by atoms with Crippen LogP contribution in [0.3, 0.4) is 0 Å². The first-order chi connectivity index (χ1) is 23.4. The molecule has 18 heteroatoms. The Labute approximate surface area is 287 Å². The van der Waals surface area contributed by atoms with Crippen LogP contribution in [-0.4, -0.2) is 130 Å². The molecule has 4 amide bonds. The summed E-state index contributed by atoms with van der Waals surface area (Å²) in [6.07, 6.45) is -9.18. The van der Waals surface area contributed by atoms with Crippen molar-refractivity contribution in [3.05, 3.63) is 35.9 Å². The number of Topliss-reactive ketones (excluding diaryl/α,β-unsaturated/α-hetero) is 1. The number of halogens is 4. The minimum absolute atomic E-state index is 0.00321. The number of carbonyl (C=O) groups is 5. The Morgan fingerprint density at radius 1 is 0.840 bits per heavy atom. The van der Waals surface area contributed by atoms with Gasteiger partial charge >= 0.3 is 12.2 Å². The van der Waals surface area contributed by atoms with Gasteiger partial charge in [-0.2, -0.15) is 17.6 Å². The summed E-state index contributed by atoms with van der Waals surface area (Å²) in [6.45, 7) is 6.40. The predicted octanol–water partition coefficient (Wildman–Crippen LogP) is 0.383. The molecule has 2 saturated heterocycles. The molecule has 2 heterocycles. The van der Waals surface area contributed by atoms with E-state index in [1.165, 1.54) is 6.92 Å². The van der Waals surface area contributed by atoms with Crippen molar-refractivity contribution < 1.29 is 60.5 Å². The molecule has 4 N–H and O–H groups in total. The fourth-order valence-electron chi connectivity index (χ4n) is 5.15. The number of methoxy groups -OCH3 is 2. The van der Waals surface area contributed by atoms with E-state index in [4.69, 9.17) is 9.47 Å².